The Morgan fingerprint density at radius 1 is 1.15 bits per heavy atom. The highest BCUT2D eigenvalue weighted by molar-refractivity contribution is 6.08. The molecule has 1 N–H and O–H groups in total. The van der Waals surface area contributed by atoms with Crippen molar-refractivity contribution in [2.24, 2.45) is 0 Å². The molecule has 0 spiro atoms. The molecule has 2 rings (SSSR count). The molecular formula is C20H22N2O4. The van der Waals surface area contributed by atoms with E-state index in [1.165, 1.54) is 21.3 Å². The van der Waals surface area contributed by atoms with Crippen LogP contribution in [0.4, 0.5) is 0 Å². The molecule has 1 aromatic heterocycles. The Balaban J connectivity index is 2.41. The Labute approximate surface area is 152 Å². The largest absolute Gasteiger partial charge is 0.493 e. The number of nitrogens with zero attached hydrogens (tertiary/aromatic N) is 1. The van der Waals surface area contributed by atoms with E-state index in [1.807, 2.05) is 19.1 Å². The van der Waals surface area contributed by atoms with Gasteiger partial charge in [0.25, 0.3) is 0 Å². The Hall–Kier alpha value is -3.28. The van der Waals surface area contributed by atoms with E-state index in [-0.39, 0.29) is 5.78 Å². The number of ether oxygens (including phenoxy) is 3. The Morgan fingerprint density at radius 2 is 1.81 bits per heavy atom. The average molecular weight is 354 g/mol. The lowest BCUT2D eigenvalue weighted by Crippen LogP contribution is -2.04. The van der Waals surface area contributed by atoms with Crippen molar-refractivity contribution in [2.45, 2.75) is 6.92 Å². The molecule has 0 aliphatic carbocycles. The molecule has 1 aromatic carbocycles. The Bertz CT molecular complexity index is 837. The van der Waals surface area contributed by atoms with Crippen LogP contribution in [-0.4, -0.2) is 37.1 Å². The number of aromatic nitrogens is 2. The molecule has 0 unspecified atom stereocenters. The first-order valence-electron chi connectivity index (χ1n) is 7.95. The van der Waals surface area contributed by atoms with Gasteiger partial charge in [-0.25, -0.2) is 4.98 Å². The van der Waals surface area contributed by atoms with Crippen molar-refractivity contribution in [1.29, 1.82) is 0 Å². The summed E-state index contributed by atoms with van der Waals surface area (Å²) >= 11 is 0. The highest BCUT2D eigenvalue weighted by Gasteiger charge is 2.20. The van der Waals surface area contributed by atoms with Crippen molar-refractivity contribution >= 4 is 11.4 Å². The number of aromatic amines is 1. The second-order valence-electron chi connectivity index (χ2n) is 5.22. The molecule has 0 aliphatic rings. The molecule has 0 bridgehead atoms. The maximum absolute atomic E-state index is 12.8. The average Bonchev–Trinajstić information content (AvgIpc) is 3.16. The van der Waals surface area contributed by atoms with Crippen LogP contribution >= 0.6 is 0 Å². The first kappa shape index (κ1) is 19.1. The normalized spacial score (nSPS) is 11.5. The number of carbonyl (C=O) groups is 1. The number of H-pyrrole nitrogens is 1. The summed E-state index contributed by atoms with van der Waals surface area (Å²) in [6.45, 7) is 5.54. The standard InChI is InChI=1S/C20H22N2O4/c1-6-8-9-13(7-2)20-21-12-15(22-20)18(23)14-10-16(24-3)19(26-5)17(11-14)25-4/h6-12H,1H2,2-5H3,(H,21,22)/b9-8-,13-7+. The van der Waals surface area contributed by atoms with Gasteiger partial charge in [-0.3, -0.25) is 4.79 Å². The summed E-state index contributed by atoms with van der Waals surface area (Å²) in [5.41, 5.74) is 1.54. The van der Waals surface area contributed by atoms with Crippen LogP contribution in [0.2, 0.25) is 0 Å². The molecule has 0 radical (unpaired) electrons. The summed E-state index contributed by atoms with van der Waals surface area (Å²) in [5.74, 6) is 1.60. The number of methoxy groups -OCH3 is 3. The van der Waals surface area contributed by atoms with Crippen molar-refractivity contribution in [1.82, 2.24) is 9.97 Å². The highest BCUT2D eigenvalue weighted by atomic mass is 16.5. The van der Waals surface area contributed by atoms with E-state index >= 15 is 0 Å². The van der Waals surface area contributed by atoms with Gasteiger partial charge in [-0.05, 0) is 19.1 Å². The van der Waals surface area contributed by atoms with Crippen molar-refractivity contribution in [3.63, 3.8) is 0 Å². The molecule has 1 heterocycles. The van der Waals surface area contributed by atoms with Crippen LogP contribution in [0.5, 0.6) is 17.2 Å². The van der Waals surface area contributed by atoms with Crippen LogP contribution in [0, 0.1) is 0 Å². The van der Waals surface area contributed by atoms with E-state index in [9.17, 15) is 4.79 Å². The van der Waals surface area contributed by atoms with Gasteiger partial charge in [0.2, 0.25) is 11.5 Å². The zero-order chi connectivity index (χ0) is 19.1. The molecule has 0 saturated carbocycles. The third-order valence-electron chi connectivity index (χ3n) is 3.73. The number of hydrogen-bond acceptors (Lipinski definition) is 5. The molecule has 0 fully saturated rings. The number of hydrogen-bond donors (Lipinski definition) is 1. The number of ketones is 1. The van der Waals surface area contributed by atoms with Gasteiger partial charge in [0.1, 0.15) is 11.5 Å². The van der Waals surface area contributed by atoms with Crippen LogP contribution in [0.25, 0.3) is 5.57 Å². The van der Waals surface area contributed by atoms with Crippen LogP contribution in [-0.2, 0) is 0 Å². The second kappa shape index (κ2) is 8.71. The fourth-order valence-corrected chi connectivity index (χ4v) is 2.43. The fourth-order valence-electron chi connectivity index (χ4n) is 2.43. The summed E-state index contributed by atoms with van der Waals surface area (Å²) in [5, 5.41) is 0. The number of nitrogens with one attached hydrogen (secondary N) is 1. The van der Waals surface area contributed by atoms with Gasteiger partial charge in [0.05, 0.1) is 21.3 Å². The lowest BCUT2D eigenvalue weighted by molar-refractivity contribution is 0.103. The van der Waals surface area contributed by atoms with E-state index < -0.39 is 0 Å². The minimum atomic E-state index is -0.255. The van der Waals surface area contributed by atoms with Gasteiger partial charge < -0.3 is 19.2 Å². The summed E-state index contributed by atoms with van der Waals surface area (Å²) in [6, 6.07) is 3.21. The van der Waals surface area contributed by atoms with E-state index in [2.05, 4.69) is 16.5 Å². The molecule has 136 valence electrons. The number of benzene rings is 1. The molecule has 6 heteroatoms. The summed E-state index contributed by atoms with van der Waals surface area (Å²) in [7, 11) is 4.52. The van der Waals surface area contributed by atoms with Gasteiger partial charge in [-0.1, -0.05) is 30.9 Å². The van der Waals surface area contributed by atoms with E-state index in [1.54, 1.807) is 30.5 Å². The van der Waals surface area contributed by atoms with Gasteiger partial charge in [-0.15, -0.1) is 0 Å². The van der Waals surface area contributed by atoms with Gasteiger partial charge in [-0.2, -0.15) is 0 Å². The number of allylic oxidation sites excluding steroid dienone is 5. The monoisotopic (exact) mass is 354 g/mol. The SMILES string of the molecule is C=C/C=C\C(=C/C)c1nc(C(=O)c2cc(OC)c(OC)c(OC)c2)c[nH]1. The number of carbonyl (C=O) groups excluding carboxylic acids is 1. The van der Waals surface area contributed by atoms with Crippen LogP contribution < -0.4 is 14.2 Å². The van der Waals surface area contributed by atoms with E-state index in [0.717, 1.165) is 5.57 Å². The molecule has 26 heavy (non-hydrogen) atoms. The number of imidazole rings is 1. The quantitative estimate of drug-likeness (QED) is 0.576. The maximum atomic E-state index is 12.8. The van der Waals surface area contributed by atoms with Gasteiger partial charge in [0.15, 0.2) is 11.5 Å². The lowest BCUT2D eigenvalue weighted by atomic mass is 10.1. The predicted octanol–water partition coefficient (Wildman–Crippen LogP) is 3.81. The Morgan fingerprint density at radius 3 is 2.31 bits per heavy atom. The molecule has 0 amide bonds. The minimum absolute atomic E-state index is 0.255. The fraction of sp³-hybridized carbons (Fsp3) is 0.200. The molecule has 2 aromatic rings. The minimum Gasteiger partial charge on any atom is -0.493 e. The molecule has 0 atom stereocenters. The molecule has 0 aliphatic heterocycles. The van der Waals surface area contributed by atoms with Gasteiger partial charge >= 0.3 is 0 Å². The topological polar surface area (TPSA) is 73.4 Å². The lowest BCUT2D eigenvalue weighted by Gasteiger charge is -2.13. The third-order valence-corrected chi connectivity index (χ3v) is 3.73. The van der Waals surface area contributed by atoms with Crippen molar-refractivity contribution < 1.29 is 19.0 Å². The first-order chi connectivity index (χ1) is 12.6. The van der Waals surface area contributed by atoms with E-state index in [0.29, 0.717) is 34.3 Å². The van der Waals surface area contributed by atoms with Crippen LogP contribution in [0.1, 0.15) is 28.8 Å². The zero-order valence-corrected chi connectivity index (χ0v) is 15.3. The molecule has 0 saturated heterocycles. The van der Waals surface area contributed by atoms with Gasteiger partial charge in [0, 0.05) is 17.3 Å². The third kappa shape index (κ3) is 3.85. The number of rotatable bonds is 8. The van der Waals surface area contributed by atoms with Crippen molar-refractivity contribution in [3.05, 3.63) is 66.3 Å². The summed E-state index contributed by atoms with van der Waals surface area (Å²) < 4.78 is 15.9. The Kier molecular flexibility index (Phi) is 6.38. The highest BCUT2D eigenvalue weighted by Crippen LogP contribution is 2.38. The summed E-state index contributed by atoms with van der Waals surface area (Å²) in [4.78, 5) is 20.2. The molecular weight excluding hydrogens is 332 g/mol. The smallest absolute Gasteiger partial charge is 0.213 e. The summed E-state index contributed by atoms with van der Waals surface area (Å²) in [6.07, 6.45) is 8.81. The molecule has 6 nitrogen and oxygen atoms in total. The van der Waals surface area contributed by atoms with Crippen molar-refractivity contribution in [2.75, 3.05) is 21.3 Å². The zero-order valence-electron chi connectivity index (χ0n) is 15.3. The van der Waals surface area contributed by atoms with E-state index in [4.69, 9.17) is 14.2 Å². The second-order valence-corrected chi connectivity index (χ2v) is 5.22. The first-order valence-corrected chi connectivity index (χ1v) is 7.95. The van der Waals surface area contributed by atoms with Crippen LogP contribution in [0.3, 0.4) is 0 Å². The predicted molar refractivity (Wildman–Crippen MR) is 101 cm³/mol. The maximum Gasteiger partial charge on any atom is 0.213 e. The van der Waals surface area contributed by atoms with Crippen molar-refractivity contribution in [3.8, 4) is 17.2 Å². The van der Waals surface area contributed by atoms with Crippen LogP contribution in [0.15, 0.2) is 49.2 Å².